The Morgan fingerprint density at radius 1 is 1.26 bits per heavy atom. The fourth-order valence-corrected chi connectivity index (χ4v) is 3.43. The highest BCUT2D eigenvalue weighted by Gasteiger charge is 2.21. The highest BCUT2D eigenvalue weighted by molar-refractivity contribution is 9.09. The van der Waals surface area contributed by atoms with Crippen molar-refractivity contribution >= 4 is 15.9 Å². The van der Waals surface area contributed by atoms with Crippen molar-refractivity contribution < 1.29 is 4.39 Å². The normalized spacial score (nSPS) is 17.1. The van der Waals surface area contributed by atoms with Gasteiger partial charge in [-0.15, -0.1) is 0 Å². The SMILES string of the molecule is Cc1ccc(F)cc1CN(CCBr)C1CCCCC1. The first-order chi connectivity index (χ1) is 9.20. The summed E-state index contributed by atoms with van der Waals surface area (Å²) in [5.74, 6) is -0.122. The Balaban J connectivity index is 2.08. The van der Waals surface area contributed by atoms with E-state index in [1.807, 2.05) is 6.07 Å². The fourth-order valence-electron chi connectivity index (χ4n) is 2.97. The first-order valence-electron chi connectivity index (χ1n) is 7.25. The van der Waals surface area contributed by atoms with E-state index in [9.17, 15) is 4.39 Å². The minimum atomic E-state index is -0.122. The third kappa shape index (κ3) is 4.28. The van der Waals surface area contributed by atoms with E-state index >= 15 is 0 Å². The van der Waals surface area contributed by atoms with Crippen LogP contribution in [0.25, 0.3) is 0 Å². The van der Waals surface area contributed by atoms with Gasteiger partial charge < -0.3 is 0 Å². The quantitative estimate of drug-likeness (QED) is 0.711. The third-order valence-electron chi connectivity index (χ3n) is 4.15. The van der Waals surface area contributed by atoms with E-state index in [1.165, 1.54) is 37.7 Å². The van der Waals surface area contributed by atoms with Gasteiger partial charge in [-0.05, 0) is 43.0 Å². The van der Waals surface area contributed by atoms with Gasteiger partial charge in [0, 0.05) is 24.5 Å². The van der Waals surface area contributed by atoms with E-state index in [1.54, 1.807) is 12.1 Å². The van der Waals surface area contributed by atoms with Crippen LogP contribution >= 0.6 is 15.9 Å². The molecule has 3 heteroatoms. The molecule has 2 rings (SSSR count). The second-order valence-electron chi connectivity index (χ2n) is 5.52. The molecule has 106 valence electrons. The topological polar surface area (TPSA) is 3.24 Å². The molecule has 0 radical (unpaired) electrons. The number of aryl methyl sites for hydroxylation is 1. The van der Waals surface area contributed by atoms with Gasteiger partial charge in [-0.3, -0.25) is 4.90 Å². The van der Waals surface area contributed by atoms with Crippen molar-refractivity contribution in [2.24, 2.45) is 0 Å². The molecule has 0 aromatic heterocycles. The molecule has 1 fully saturated rings. The van der Waals surface area contributed by atoms with Gasteiger partial charge in [0.15, 0.2) is 0 Å². The number of hydrogen-bond donors (Lipinski definition) is 0. The number of hydrogen-bond acceptors (Lipinski definition) is 1. The summed E-state index contributed by atoms with van der Waals surface area (Å²) in [5.41, 5.74) is 2.32. The smallest absolute Gasteiger partial charge is 0.123 e. The number of halogens is 2. The van der Waals surface area contributed by atoms with Gasteiger partial charge in [0.2, 0.25) is 0 Å². The summed E-state index contributed by atoms with van der Waals surface area (Å²) in [5, 5.41) is 0.984. The van der Waals surface area contributed by atoms with E-state index in [0.717, 1.165) is 24.0 Å². The predicted octanol–water partition coefficient (Wildman–Crippen LogP) is 4.66. The molecule has 1 aliphatic rings. The van der Waals surface area contributed by atoms with Crippen LogP contribution in [0.5, 0.6) is 0 Å². The highest BCUT2D eigenvalue weighted by atomic mass is 79.9. The van der Waals surface area contributed by atoms with Crippen LogP contribution in [0.4, 0.5) is 4.39 Å². The van der Waals surface area contributed by atoms with Crippen LogP contribution in [-0.2, 0) is 6.54 Å². The molecule has 1 aromatic rings. The zero-order chi connectivity index (χ0) is 13.7. The molecule has 0 atom stereocenters. The Bertz CT molecular complexity index is 402. The van der Waals surface area contributed by atoms with Crippen molar-refractivity contribution in [1.82, 2.24) is 4.90 Å². The Morgan fingerprint density at radius 3 is 2.68 bits per heavy atom. The summed E-state index contributed by atoms with van der Waals surface area (Å²) in [4.78, 5) is 2.52. The van der Waals surface area contributed by atoms with Gasteiger partial charge in [0.05, 0.1) is 0 Å². The summed E-state index contributed by atoms with van der Waals surface area (Å²) < 4.78 is 13.4. The van der Waals surface area contributed by atoms with Crippen LogP contribution in [-0.4, -0.2) is 22.8 Å². The molecule has 19 heavy (non-hydrogen) atoms. The van der Waals surface area contributed by atoms with Gasteiger partial charge in [0.25, 0.3) is 0 Å². The first kappa shape index (κ1) is 15.0. The molecule has 0 spiro atoms. The molecule has 0 aliphatic heterocycles. The van der Waals surface area contributed by atoms with Crippen molar-refractivity contribution in [2.75, 3.05) is 11.9 Å². The first-order valence-corrected chi connectivity index (χ1v) is 8.38. The molecule has 0 unspecified atom stereocenters. The monoisotopic (exact) mass is 327 g/mol. The zero-order valence-corrected chi connectivity index (χ0v) is 13.3. The van der Waals surface area contributed by atoms with Gasteiger partial charge in [-0.25, -0.2) is 4.39 Å². The highest BCUT2D eigenvalue weighted by Crippen LogP contribution is 2.25. The van der Waals surface area contributed by atoms with E-state index < -0.39 is 0 Å². The molecule has 1 nitrogen and oxygen atoms in total. The molecule has 0 bridgehead atoms. The van der Waals surface area contributed by atoms with Crippen molar-refractivity contribution in [3.8, 4) is 0 Å². The van der Waals surface area contributed by atoms with Crippen LogP contribution in [0.3, 0.4) is 0 Å². The summed E-state index contributed by atoms with van der Waals surface area (Å²) in [7, 11) is 0. The lowest BCUT2D eigenvalue weighted by Gasteiger charge is -2.34. The Labute approximate surface area is 124 Å². The molecule has 1 aliphatic carbocycles. The van der Waals surface area contributed by atoms with Crippen LogP contribution in [0.2, 0.25) is 0 Å². The minimum absolute atomic E-state index is 0.122. The van der Waals surface area contributed by atoms with E-state index in [0.29, 0.717) is 6.04 Å². The minimum Gasteiger partial charge on any atom is -0.295 e. The summed E-state index contributed by atoms with van der Waals surface area (Å²) in [6, 6.07) is 5.81. The Hall–Kier alpha value is -0.410. The summed E-state index contributed by atoms with van der Waals surface area (Å²) in [6.45, 7) is 3.99. The maximum atomic E-state index is 13.4. The van der Waals surface area contributed by atoms with Crippen LogP contribution in [0.1, 0.15) is 43.2 Å². The van der Waals surface area contributed by atoms with Gasteiger partial charge in [-0.2, -0.15) is 0 Å². The molecule has 0 N–H and O–H groups in total. The number of benzene rings is 1. The largest absolute Gasteiger partial charge is 0.295 e. The second kappa shape index (κ2) is 7.39. The standard InChI is InChI=1S/C16H23BrFN/c1-13-7-8-15(18)11-14(13)12-19(10-9-17)16-5-3-2-4-6-16/h7-8,11,16H,2-6,9-10,12H2,1H3. The maximum absolute atomic E-state index is 13.4. The van der Waals surface area contributed by atoms with E-state index in [4.69, 9.17) is 0 Å². The molecule has 1 saturated carbocycles. The predicted molar refractivity (Wildman–Crippen MR) is 82.2 cm³/mol. The number of alkyl halides is 1. The molecule has 0 heterocycles. The fraction of sp³-hybridized carbons (Fsp3) is 0.625. The Morgan fingerprint density at radius 2 is 2.00 bits per heavy atom. The maximum Gasteiger partial charge on any atom is 0.123 e. The van der Waals surface area contributed by atoms with Crippen LogP contribution in [0, 0.1) is 12.7 Å². The summed E-state index contributed by atoms with van der Waals surface area (Å²) in [6.07, 6.45) is 6.64. The van der Waals surface area contributed by atoms with Crippen molar-refractivity contribution in [3.05, 3.63) is 35.1 Å². The van der Waals surface area contributed by atoms with Gasteiger partial charge >= 0.3 is 0 Å². The van der Waals surface area contributed by atoms with E-state index in [-0.39, 0.29) is 5.82 Å². The molecular weight excluding hydrogens is 305 g/mol. The number of nitrogens with zero attached hydrogens (tertiary/aromatic N) is 1. The van der Waals surface area contributed by atoms with Gasteiger partial charge in [0.1, 0.15) is 5.82 Å². The molecular formula is C16H23BrFN. The second-order valence-corrected chi connectivity index (χ2v) is 6.32. The lowest BCUT2D eigenvalue weighted by Crippen LogP contribution is -2.37. The number of rotatable bonds is 5. The molecule has 0 saturated heterocycles. The van der Waals surface area contributed by atoms with Crippen molar-refractivity contribution in [1.29, 1.82) is 0 Å². The molecule has 0 amide bonds. The lowest BCUT2D eigenvalue weighted by molar-refractivity contribution is 0.157. The van der Waals surface area contributed by atoms with Crippen LogP contribution < -0.4 is 0 Å². The van der Waals surface area contributed by atoms with Gasteiger partial charge in [-0.1, -0.05) is 41.3 Å². The van der Waals surface area contributed by atoms with Crippen LogP contribution in [0.15, 0.2) is 18.2 Å². The third-order valence-corrected chi connectivity index (χ3v) is 4.50. The summed E-state index contributed by atoms with van der Waals surface area (Å²) >= 11 is 3.55. The average Bonchev–Trinajstić information content (AvgIpc) is 2.43. The average molecular weight is 328 g/mol. The van der Waals surface area contributed by atoms with Crippen molar-refractivity contribution in [3.63, 3.8) is 0 Å². The van der Waals surface area contributed by atoms with E-state index in [2.05, 4.69) is 27.8 Å². The lowest BCUT2D eigenvalue weighted by atomic mass is 9.93. The molecule has 1 aromatic carbocycles. The zero-order valence-electron chi connectivity index (χ0n) is 11.7. The van der Waals surface area contributed by atoms with Crippen molar-refractivity contribution in [2.45, 2.75) is 51.6 Å². The Kier molecular flexibility index (Phi) is 5.83.